The summed E-state index contributed by atoms with van der Waals surface area (Å²) in [6.07, 6.45) is 2.44. The number of ketones is 1. The Balaban J connectivity index is 0. The molecule has 12 nitrogen and oxygen atoms in total. The molecule has 0 aliphatic carbocycles. The zero-order chi connectivity index (χ0) is 29.3. The van der Waals surface area contributed by atoms with E-state index in [0.29, 0.717) is 58.8 Å². The topological polar surface area (TPSA) is 156 Å². The number of ether oxygens (including phenoxy) is 3. The molecule has 0 bridgehead atoms. The number of carbonyl (C=O) groups is 4. The van der Waals surface area contributed by atoms with Gasteiger partial charge in [-0.15, -0.1) is 0 Å². The lowest BCUT2D eigenvalue weighted by atomic mass is 10.1. The first-order valence-electron chi connectivity index (χ1n) is 13.5. The summed E-state index contributed by atoms with van der Waals surface area (Å²) in [5.74, 6) is -0.578. The number of rotatable bonds is 21. The van der Waals surface area contributed by atoms with Gasteiger partial charge in [-0.25, -0.2) is 0 Å². The first-order chi connectivity index (χ1) is 18.2. The number of carbonyl (C=O) groups excluding carboxylic acids is 4. The van der Waals surface area contributed by atoms with Crippen LogP contribution in [0.2, 0.25) is 0 Å². The van der Waals surface area contributed by atoms with Crippen LogP contribution in [0.1, 0.15) is 60.3 Å². The second-order valence-corrected chi connectivity index (χ2v) is 8.56. The van der Waals surface area contributed by atoms with E-state index in [0.717, 1.165) is 6.42 Å². The molecule has 4 atom stereocenters. The lowest BCUT2D eigenvalue weighted by Gasteiger charge is -2.22. The Hall–Kier alpha value is -2.12. The molecule has 0 spiro atoms. The number of Topliss-reactive ketones (excluding diaryl/α,β-unsaturated/α-hetero) is 1. The third-order valence-corrected chi connectivity index (χ3v) is 5.75. The van der Waals surface area contributed by atoms with E-state index >= 15 is 0 Å². The summed E-state index contributed by atoms with van der Waals surface area (Å²) in [7, 11) is 5.12. The third-order valence-electron chi connectivity index (χ3n) is 5.75. The summed E-state index contributed by atoms with van der Waals surface area (Å²) in [5.41, 5.74) is 0. The van der Waals surface area contributed by atoms with E-state index in [1.54, 1.807) is 21.2 Å². The van der Waals surface area contributed by atoms with Crippen molar-refractivity contribution < 1.29 is 33.4 Å². The van der Waals surface area contributed by atoms with E-state index in [9.17, 15) is 19.2 Å². The highest BCUT2D eigenvalue weighted by Crippen LogP contribution is 1.99. The van der Waals surface area contributed by atoms with Crippen molar-refractivity contribution >= 4 is 23.5 Å². The van der Waals surface area contributed by atoms with Gasteiger partial charge in [0, 0.05) is 13.7 Å². The molecule has 224 valence electrons. The Bertz CT molecular complexity index is 643. The summed E-state index contributed by atoms with van der Waals surface area (Å²) in [6.45, 7) is 12.2. The average molecular weight is 548 g/mol. The van der Waals surface area contributed by atoms with Gasteiger partial charge in [0.05, 0.1) is 51.2 Å². The number of likely N-dealkylation sites (N-methyl/N-ethyl adjacent to an activating group) is 2. The fourth-order valence-corrected chi connectivity index (χ4v) is 3.26. The minimum Gasteiger partial charge on any atom is -0.382 e. The lowest BCUT2D eigenvalue weighted by Crippen LogP contribution is -2.54. The highest BCUT2D eigenvalue weighted by atomic mass is 16.5. The van der Waals surface area contributed by atoms with Crippen molar-refractivity contribution in [1.82, 2.24) is 26.6 Å². The minimum atomic E-state index is -0.613. The van der Waals surface area contributed by atoms with E-state index < -0.39 is 12.1 Å². The molecule has 0 aliphatic rings. The summed E-state index contributed by atoms with van der Waals surface area (Å²) >= 11 is 0. The van der Waals surface area contributed by atoms with Crippen LogP contribution in [-0.4, -0.2) is 108 Å². The van der Waals surface area contributed by atoms with Gasteiger partial charge in [-0.3, -0.25) is 19.2 Å². The first-order valence-corrected chi connectivity index (χ1v) is 13.5. The molecule has 0 aliphatic heterocycles. The van der Waals surface area contributed by atoms with Gasteiger partial charge in [0.1, 0.15) is 6.04 Å². The summed E-state index contributed by atoms with van der Waals surface area (Å²) in [4.78, 5) is 46.9. The first kappa shape index (κ1) is 38.0. The standard InChI is InChI=1S/C14H27N3O3.C12H26N2O4/c1-6-10(9(4)18)16-14(20)12(8-3)17-13(19)11(7-2)15-5;1-4-11(13-2)12(15)14-5-6-17-9-10-18-8-7-16-3/h10-12,15H,6-8H2,1-5H3,(H,16,20)(H,17,19);11,13H,4-10H2,1-3H3,(H,14,15)/t10-,11-,12-;11-/m00/s1. The molecule has 0 fully saturated rings. The summed E-state index contributed by atoms with van der Waals surface area (Å²) < 4.78 is 15.4. The van der Waals surface area contributed by atoms with Crippen molar-refractivity contribution in [3.63, 3.8) is 0 Å². The predicted molar refractivity (Wildman–Crippen MR) is 148 cm³/mol. The molecule has 0 aromatic carbocycles. The van der Waals surface area contributed by atoms with Crippen molar-refractivity contribution in [2.24, 2.45) is 0 Å². The third kappa shape index (κ3) is 18.2. The second-order valence-electron chi connectivity index (χ2n) is 8.56. The van der Waals surface area contributed by atoms with Crippen LogP contribution in [0.3, 0.4) is 0 Å². The molecular weight excluding hydrogens is 494 g/mol. The van der Waals surface area contributed by atoms with Crippen molar-refractivity contribution in [2.45, 2.75) is 84.5 Å². The maximum Gasteiger partial charge on any atom is 0.243 e. The van der Waals surface area contributed by atoms with Crippen molar-refractivity contribution in [1.29, 1.82) is 0 Å². The molecule has 0 aromatic heterocycles. The van der Waals surface area contributed by atoms with Gasteiger partial charge in [-0.05, 0) is 46.7 Å². The highest BCUT2D eigenvalue weighted by Gasteiger charge is 2.25. The van der Waals surface area contributed by atoms with Crippen molar-refractivity contribution in [2.75, 3.05) is 60.8 Å². The Morgan fingerprint density at radius 3 is 1.47 bits per heavy atom. The SMILES string of the molecule is CC[C@H](NC(=O)[C@H](CC)NC(=O)[C@H](CC)NC)C(C)=O.CC[C@H](NC)C(=O)NCCOCCOCCOC. The van der Waals surface area contributed by atoms with Crippen LogP contribution >= 0.6 is 0 Å². The predicted octanol–water partition coefficient (Wildman–Crippen LogP) is 0.143. The average Bonchev–Trinajstić information content (AvgIpc) is 2.90. The maximum absolute atomic E-state index is 12.1. The Labute approximate surface area is 229 Å². The maximum atomic E-state index is 12.1. The second kappa shape index (κ2) is 25.2. The van der Waals surface area contributed by atoms with Crippen LogP contribution in [0, 0.1) is 0 Å². The van der Waals surface area contributed by atoms with E-state index in [1.807, 2.05) is 27.7 Å². The van der Waals surface area contributed by atoms with Gasteiger partial charge in [0.25, 0.3) is 0 Å². The quantitative estimate of drug-likeness (QED) is 0.126. The molecule has 0 aromatic rings. The number of nitrogens with one attached hydrogen (secondary N) is 5. The van der Waals surface area contributed by atoms with Gasteiger partial charge >= 0.3 is 0 Å². The van der Waals surface area contributed by atoms with E-state index in [-0.39, 0.29) is 35.6 Å². The van der Waals surface area contributed by atoms with Crippen molar-refractivity contribution in [3.8, 4) is 0 Å². The minimum absolute atomic E-state index is 0.0138. The van der Waals surface area contributed by atoms with Gasteiger partial charge in [-0.2, -0.15) is 0 Å². The molecule has 0 rings (SSSR count). The van der Waals surface area contributed by atoms with E-state index in [4.69, 9.17) is 14.2 Å². The van der Waals surface area contributed by atoms with Crippen LogP contribution in [-0.2, 0) is 33.4 Å². The number of amides is 3. The summed E-state index contributed by atoms with van der Waals surface area (Å²) in [5, 5.41) is 14.0. The zero-order valence-corrected chi connectivity index (χ0v) is 24.7. The van der Waals surface area contributed by atoms with Crippen LogP contribution in [0.25, 0.3) is 0 Å². The number of hydrogen-bond acceptors (Lipinski definition) is 9. The van der Waals surface area contributed by atoms with Gasteiger partial charge in [0.2, 0.25) is 17.7 Å². The molecular formula is C26H53N5O7. The largest absolute Gasteiger partial charge is 0.382 e. The van der Waals surface area contributed by atoms with Gasteiger partial charge in [-0.1, -0.05) is 27.7 Å². The fraction of sp³-hybridized carbons (Fsp3) is 0.846. The Morgan fingerprint density at radius 2 is 1.03 bits per heavy atom. The smallest absolute Gasteiger partial charge is 0.243 e. The number of methoxy groups -OCH3 is 1. The highest BCUT2D eigenvalue weighted by molar-refractivity contribution is 5.92. The Morgan fingerprint density at radius 1 is 0.605 bits per heavy atom. The molecule has 0 unspecified atom stereocenters. The fourth-order valence-electron chi connectivity index (χ4n) is 3.26. The van der Waals surface area contributed by atoms with E-state index in [1.165, 1.54) is 6.92 Å². The van der Waals surface area contributed by atoms with Crippen LogP contribution < -0.4 is 26.6 Å². The Kier molecular flexibility index (Phi) is 25.2. The van der Waals surface area contributed by atoms with E-state index in [2.05, 4.69) is 26.6 Å². The summed E-state index contributed by atoms with van der Waals surface area (Å²) in [6, 6.07) is -1.54. The normalized spacial score (nSPS) is 13.8. The van der Waals surface area contributed by atoms with Crippen molar-refractivity contribution in [3.05, 3.63) is 0 Å². The number of hydrogen-bond donors (Lipinski definition) is 5. The lowest BCUT2D eigenvalue weighted by molar-refractivity contribution is -0.131. The van der Waals surface area contributed by atoms with Gasteiger partial charge in [0.15, 0.2) is 5.78 Å². The molecule has 3 amide bonds. The molecule has 5 N–H and O–H groups in total. The monoisotopic (exact) mass is 547 g/mol. The zero-order valence-electron chi connectivity index (χ0n) is 24.7. The van der Waals surface area contributed by atoms with Crippen LogP contribution in [0.5, 0.6) is 0 Å². The molecule has 0 saturated carbocycles. The van der Waals surface area contributed by atoms with Crippen LogP contribution in [0.15, 0.2) is 0 Å². The molecule has 0 radical (unpaired) electrons. The van der Waals surface area contributed by atoms with Gasteiger partial charge < -0.3 is 40.8 Å². The molecule has 0 heterocycles. The molecule has 38 heavy (non-hydrogen) atoms. The van der Waals surface area contributed by atoms with Crippen LogP contribution in [0.4, 0.5) is 0 Å². The molecule has 12 heteroatoms. The molecule has 0 saturated heterocycles.